The molecule has 32 heavy (non-hydrogen) atoms. The average molecular weight is 462 g/mol. The molecule has 2 aromatic rings. The molecule has 162 valence electrons. The number of allylic oxidation sites excluding steroid dienone is 3. The van der Waals surface area contributed by atoms with E-state index in [1.165, 1.54) is 12.7 Å². The minimum Gasteiger partial charge on any atom is -0.465 e. The van der Waals surface area contributed by atoms with E-state index in [1.807, 2.05) is 94.2 Å². The van der Waals surface area contributed by atoms with Gasteiger partial charge in [-0.15, -0.1) is 0 Å². The Kier molecular flexibility index (Phi) is 11.6. The van der Waals surface area contributed by atoms with Crippen LogP contribution in [0.4, 0.5) is 0 Å². The molecule has 0 spiro atoms. The SMILES string of the molecule is COC(=O)/C(=C/C(=C/[C]1[CH][CH][CH][CH]1)c1ccc(C)cc1)c1ccccc1.[CH]1[CH][CH][CH][CH]1.[Fe]. The number of carbonyl (C=O) groups is 1. The maximum absolute atomic E-state index is 12.4. The molecule has 10 radical (unpaired) electrons. The standard InChI is InChI=1S/C24H21O2.C5H5.Fe/c1-18-12-14-20(15-13-18)22(16-19-8-6-7-9-19)17-23(24(25)26-2)21-10-4-3-5-11-21;1-2-4-5-3-1;/h3-17H,1-2H3;1-5H;/b22-16-,23-17+;;. The Labute approximate surface area is 204 Å². The predicted octanol–water partition coefficient (Wildman–Crippen LogP) is 6.06. The Balaban J connectivity index is 0.000000534. The van der Waals surface area contributed by atoms with Crippen LogP contribution in [0.1, 0.15) is 16.7 Å². The van der Waals surface area contributed by atoms with Gasteiger partial charge in [0.25, 0.3) is 0 Å². The molecule has 2 aromatic carbocycles. The maximum Gasteiger partial charge on any atom is 0.338 e. The van der Waals surface area contributed by atoms with Crippen molar-refractivity contribution >= 4 is 17.1 Å². The first-order chi connectivity index (χ1) is 15.2. The topological polar surface area (TPSA) is 26.3 Å². The van der Waals surface area contributed by atoms with E-state index in [0.717, 1.165) is 22.6 Å². The third kappa shape index (κ3) is 8.11. The molecule has 0 aliphatic heterocycles. The molecule has 2 aliphatic rings. The summed E-state index contributed by atoms with van der Waals surface area (Å²) < 4.78 is 5.02. The van der Waals surface area contributed by atoms with Gasteiger partial charge in [-0.05, 0) is 87.5 Å². The molecule has 0 amide bonds. The van der Waals surface area contributed by atoms with Crippen LogP contribution >= 0.6 is 0 Å². The first-order valence-electron chi connectivity index (χ1n) is 10.2. The van der Waals surface area contributed by atoms with Crippen LogP contribution in [0.15, 0.2) is 66.7 Å². The van der Waals surface area contributed by atoms with E-state index in [9.17, 15) is 4.79 Å². The number of rotatable bonds is 5. The molecule has 2 fully saturated rings. The summed E-state index contributed by atoms with van der Waals surface area (Å²) in [6.07, 6.45) is 22.1. The van der Waals surface area contributed by atoms with Gasteiger partial charge in [-0.2, -0.15) is 0 Å². The quantitative estimate of drug-likeness (QED) is 0.234. The minimum absolute atomic E-state index is 0. The number of carbonyl (C=O) groups excluding carboxylic acids is 1. The fourth-order valence-electron chi connectivity index (χ4n) is 3.08. The molecule has 2 saturated carbocycles. The zero-order chi connectivity index (χ0) is 21.9. The maximum atomic E-state index is 12.4. The van der Waals surface area contributed by atoms with Gasteiger partial charge in [0.2, 0.25) is 0 Å². The summed E-state index contributed by atoms with van der Waals surface area (Å²) in [4.78, 5) is 12.4. The summed E-state index contributed by atoms with van der Waals surface area (Å²) in [7, 11) is 1.41. The summed E-state index contributed by atoms with van der Waals surface area (Å²) in [5, 5.41) is 0. The Morgan fingerprint density at radius 1 is 0.750 bits per heavy atom. The molecule has 0 aromatic heterocycles. The van der Waals surface area contributed by atoms with Crippen LogP contribution in [0.2, 0.25) is 0 Å². The molecule has 0 heterocycles. The molecule has 0 atom stereocenters. The first-order valence-corrected chi connectivity index (χ1v) is 10.2. The summed E-state index contributed by atoms with van der Waals surface area (Å²) in [6.45, 7) is 2.06. The molecule has 0 saturated heterocycles. The van der Waals surface area contributed by atoms with Crippen LogP contribution in [0.25, 0.3) is 11.1 Å². The number of hydrogen-bond acceptors (Lipinski definition) is 2. The van der Waals surface area contributed by atoms with Crippen molar-refractivity contribution in [3.05, 3.63) is 147 Å². The Morgan fingerprint density at radius 2 is 1.31 bits per heavy atom. The van der Waals surface area contributed by atoms with Crippen molar-refractivity contribution < 1.29 is 26.6 Å². The van der Waals surface area contributed by atoms with Crippen LogP contribution in [0.3, 0.4) is 0 Å². The molecule has 0 N–H and O–H groups in total. The second-order valence-electron chi connectivity index (χ2n) is 7.06. The number of benzene rings is 2. The summed E-state index contributed by atoms with van der Waals surface area (Å²) in [6, 6.07) is 17.9. The fourth-order valence-corrected chi connectivity index (χ4v) is 3.08. The van der Waals surface area contributed by atoms with E-state index in [1.54, 1.807) is 0 Å². The summed E-state index contributed by atoms with van der Waals surface area (Å²) in [5.41, 5.74) is 4.57. The van der Waals surface area contributed by atoms with Gasteiger partial charge in [0, 0.05) is 23.0 Å². The Bertz CT molecular complexity index is 864. The summed E-state index contributed by atoms with van der Waals surface area (Å²) in [5.74, 6) is 0.742. The second kappa shape index (κ2) is 14.1. The predicted molar refractivity (Wildman–Crippen MR) is 128 cm³/mol. The third-order valence-electron chi connectivity index (χ3n) is 4.74. The smallest absolute Gasteiger partial charge is 0.338 e. The van der Waals surface area contributed by atoms with Gasteiger partial charge in [0.15, 0.2) is 0 Å². The third-order valence-corrected chi connectivity index (χ3v) is 4.74. The van der Waals surface area contributed by atoms with E-state index in [-0.39, 0.29) is 23.0 Å². The average Bonchev–Trinajstić information content (AvgIpc) is 3.54. The normalized spacial score (nSPS) is 16.7. The van der Waals surface area contributed by atoms with E-state index in [2.05, 4.69) is 37.3 Å². The van der Waals surface area contributed by atoms with Gasteiger partial charge in [0.1, 0.15) is 0 Å². The van der Waals surface area contributed by atoms with Crippen molar-refractivity contribution in [2.45, 2.75) is 6.92 Å². The minimum atomic E-state index is -0.350. The Hall–Kier alpha value is -2.09. The van der Waals surface area contributed by atoms with Crippen molar-refractivity contribution in [3.8, 4) is 0 Å². The molecule has 2 aliphatic carbocycles. The zero-order valence-electron chi connectivity index (χ0n) is 18.2. The van der Waals surface area contributed by atoms with Crippen molar-refractivity contribution in [1.29, 1.82) is 0 Å². The van der Waals surface area contributed by atoms with Gasteiger partial charge in [0.05, 0.1) is 12.7 Å². The zero-order valence-corrected chi connectivity index (χ0v) is 19.3. The van der Waals surface area contributed by atoms with Gasteiger partial charge < -0.3 is 4.74 Å². The Morgan fingerprint density at radius 3 is 1.84 bits per heavy atom. The van der Waals surface area contributed by atoms with Crippen molar-refractivity contribution in [3.63, 3.8) is 0 Å². The number of ether oxygens (including phenoxy) is 1. The van der Waals surface area contributed by atoms with Crippen LogP contribution in [0.5, 0.6) is 0 Å². The molecule has 2 nitrogen and oxygen atoms in total. The van der Waals surface area contributed by atoms with Crippen molar-refractivity contribution in [1.82, 2.24) is 0 Å². The number of esters is 1. The second-order valence-corrected chi connectivity index (χ2v) is 7.06. The number of hydrogen-bond donors (Lipinski definition) is 0. The van der Waals surface area contributed by atoms with Crippen LogP contribution < -0.4 is 0 Å². The van der Waals surface area contributed by atoms with E-state index in [0.29, 0.717) is 5.57 Å². The monoisotopic (exact) mass is 462 g/mol. The molecule has 0 unspecified atom stereocenters. The van der Waals surface area contributed by atoms with Gasteiger partial charge >= 0.3 is 5.97 Å². The fraction of sp³-hybridized carbons (Fsp3) is 0.0690. The van der Waals surface area contributed by atoms with Crippen LogP contribution in [-0.2, 0) is 26.6 Å². The largest absolute Gasteiger partial charge is 0.465 e. The van der Waals surface area contributed by atoms with E-state index < -0.39 is 0 Å². The van der Waals surface area contributed by atoms with Gasteiger partial charge in [-0.1, -0.05) is 66.2 Å². The molecule has 4 rings (SSSR count). The van der Waals surface area contributed by atoms with Gasteiger partial charge in [-0.25, -0.2) is 4.79 Å². The number of aryl methyl sites for hydroxylation is 1. The number of methoxy groups -OCH3 is 1. The molecular weight excluding hydrogens is 436 g/mol. The van der Waals surface area contributed by atoms with Crippen LogP contribution in [0, 0.1) is 70.6 Å². The molecule has 3 heteroatoms. The van der Waals surface area contributed by atoms with Crippen LogP contribution in [-0.4, -0.2) is 13.1 Å². The molecule has 0 bridgehead atoms. The van der Waals surface area contributed by atoms with E-state index in [4.69, 9.17) is 4.74 Å². The molecular formula is C29H26FeO2. The summed E-state index contributed by atoms with van der Waals surface area (Å²) >= 11 is 0. The van der Waals surface area contributed by atoms with Crippen molar-refractivity contribution in [2.75, 3.05) is 7.11 Å². The first kappa shape index (κ1) is 26.2. The van der Waals surface area contributed by atoms with Gasteiger partial charge in [-0.3, -0.25) is 0 Å². The van der Waals surface area contributed by atoms with Crippen molar-refractivity contribution in [2.24, 2.45) is 0 Å². The van der Waals surface area contributed by atoms with E-state index >= 15 is 0 Å².